The molecule has 3 aromatic rings. The molecule has 180 valence electrons. The van der Waals surface area contributed by atoms with Gasteiger partial charge in [0.15, 0.2) is 0 Å². The van der Waals surface area contributed by atoms with E-state index in [1.165, 1.54) is 0 Å². The molecule has 4 atom stereocenters. The second kappa shape index (κ2) is 9.26. The second-order valence-electron chi connectivity index (χ2n) is 9.53. The van der Waals surface area contributed by atoms with Crippen molar-refractivity contribution >= 4 is 34.4 Å². The van der Waals surface area contributed by atoms with Crippen LogP contribution >= 0.6 is 0 Å². The zero-order valence-corrected chi connectivity index (χ0v) is 19.4. The van der Waals surface area contributed by atoms with E-state index in [0.717, 1.165) is 35.1 Å². The van der Waals surface area contributed by atoms with Gasteiger partial charge in [-0.25, -0.2) is 0 Å². The lowest BCUT2D eigenvalue weighted by molar-refractivity contribution is 0.441. The van der Waals surface area contributed by atoms with Gasteiger partial charge in [-0.1, -0.05) is 18.2 Å². The molecule has 2 aliphatic heterocycles. The summed E-state index contributed by atoms with van der Waals surface area (Å²) in [7, 11) is 0. The Morgan fingerprint density at radius 1 is 0.765 bits per heavy atom. The van der Waals surface area contributed by atoms with Crippen LogP contribution in [0.4, 0.5) is 23.5 Å². The van der Waals surface area contributed by atoms with Gasteiger partial charge >= 0.3 is 0 Å². The fourth-order valence-corrected chi connectivity index (χ4v) is 4.91. The van der Waals surface area contributed by atoms with Crippen LogP contribution < -0.4 is 38.1 Å². The van der Waals surface area contributed by atoms with Crippen molar-refractivity contribution in [3.8, 4) is 0 Å². The number of anilines is 4. The predicted molar refractivity (Wildman–Crippen MR) is 135 cm³/mol. The van der Waals surface area contributed by atoms with E-state index >= 15 is 0 Å². The quantitative estimate of drug-likeness (QED) is 0.357. The van der Waals surface area contributed by atoms with Gasteiger partial charge in [-0.3, -0.25) is 4.98 Å². The summed E-state index contributed by atoms with van der Waals surface area (Å²) in [5.41, 5.74) is 27.7. The molecule has 11 nitrogen and oxygen atoms in total. The van der Waals surface area contributed by atoms with Gasteiger partial charge in [-0.15, -0.1) is 0 Å². The number of aromatic nitrogens is 4. The number of aryl methyl sites for hydroxylation is 1. The summed E-state index contributed by atoms with van der Waals surface area (Å²) in [6.45, 7) is 4.49. The van der Waals surface area contributed by atoms with E-state index in [1.54, 1.807) is 0 Å². The van der Waals surface area contributed by atoms with Crippen LogP contribution in [0.2, 0.25) is 0 Å². The highest BCUT2D eigenvalue weighted by molar-refractivity contribution is 5.92. The average molecular weight is 464 g/mol. The summed E-state index contributed by atoms with van der Waals surface area (Å²) >= 11 is 0. The lowest BCUT2D eigenvalue weighted by atomic mass is 10.0. The molecule has 34 heavy (non-hydrogen) atoms. The SMILES string of the molecule is Cc1cc(Nc2nc(N3CC(N)CC(N)C3)nc(N3CC(N)CC(N)C3)n2)c2ccccc2n1. The number of piperidine rings is 2. The molecule has 9 N–H and O–H groups in total. The van der Waals surface area contributed by atoms with Crippen molar-refractivity contribution in [2.24, 2.45) is 22.9 Å². The van der Waals surface area contributed by atoms with Crippen LogP contribution in [0.5, 0.6) is 0 Å². The molecular weight excluding hydrogens is 430 g/mol. The first-order valence-electron chi connectivity index (χ1n) is 11.8. The maximum absolute atomic E-state index is 6.25. The average Bonchev–Trinajstić information content (AvgIpc) is 2.77. The highest BCUT2D eigenvalue weighted by Gasteiger charge is 2.28. The van der Waals surface area contributed by atoms with E-state index in [2.05, 4.69) is 10.3 Å². The molecule has 2 fully saturated rings. The monoisotopic (exact) mass is 463 g/mol. The Hall–Kier alpha value is -3.12. The summed E-state index contributed by atoms with van der Waals surface area (Å²) in [4.78, 5) is 23.0. The maximum atomic E-state index is 6.25. The van der Waals surface area contributed by atoms with Crippen molar-refractivity contribution in [3.05, 3.63) is 36.0 Å². The molecule has 0 radical (unpaired) electrons. The minimum Gasteiger partial charge on any atom is -0.338 e. The number of nitrogens with one attached hydrogen (secondary N) is 1. The maximum Gasteiger partial charge on any atom is 0.233 e. The fourth-order valence-electron chi connectivity index (χ4n) is 4.91. The van der Waals surface area contributed by atoms with Crippen molar-refractivity contribution in [1.29, 1.82) is 0 Å². The molecule has 4 heterocycles. The fraction of sp³-hybridized carbons (Fsp3) is 0.478. The summed E-state index contributed by atoms with van der Waals surface area (Å²) in [5.74, 6) is 1.53. The van der Waals surface area contributed by atoms with Gasteiger partial charge in [0.05, 0.1) is 11.2 Å². The molecule has 0 spiro atoms. The number of para-hydroxylation sites is 1. The molecule has 2 saturated heterocycles. The van der Waals surface area contributed by atoms with Gasteiger partial charge in [0.25, 0.3) is 0 Å². The summed E-state index contributed by atoms with van der Waals surface area (Å²) < 4.78 is 0. The van der Waals surface area contributed by atoms with Gasteiger partial charge < -0.3 is 38.1 Å². The Kier molecular flexibility index (Phi) is 6.17. The number of hydrogen-bond donors (Lipinski definition) is 5. The molecule has 0 aliphatic carbocycles. The summed E-state index contributed by atoms with van der Waals surface area (Å²) in [6, 6.07) is 9.82. The van der Waals surface area contributed by atoms with Gasteiger partial charge in [-0.05, 0) is 31.9 Å². The van der Waals surface area contributed by atoms with Gasteiger partial charge in [0.2, 0.25) is 17.8 Å². The van der Waals surface area contributed by atoms with E-state index in [1.807, 2.05) is 47.1 Å². The van der Waals surface area contributed by atoms with Crippen molar-refractivity contribution in [2.75, 3.05) is 41.3 Å². The Labute approximate surface area is 198 Å². The summed E-state index contributed by atoms with van der Waals surface area (Å²) in [5, 5.41) is 4.40. The normalized spacial score (nSPS) is 25.6. The lowest BCUT2D eigenvalue weighted by Crippen LogP contribution is -2.54. The zero-order valence-electron chi connectivity index (χ0n) is 19.4. The first-order valence-corrected chi connectivity index (χ1v) is 11.8. The largest absolute Gasteiger partial charge is 0.338 e. The Morgan fingerprint density at radius 2 is 1.29 bits per heavy atom. The second-order valence-corrected chi connectivity index (χ2v) is 9.53. The Morgan fingerprint density at radius 3 is 1.85 bits per heavy atom. The van der Waals surface area contributed by atoms with Crippen molar-refractivity contribution in [3.63, 3.8) is 0 Å². The zero-order chi connectivity index (χ0) is 23.8. The molecule has 11 heteroatoms. The van der Waals surface area contributed by atoms with E-state index in [4.69, 9.17) is 37.9 Å². The Bertz CT molecular complexity index is 1100. The minimum absolute atomic E-state index is 0.0380. The minimum atomic E-state index is -0.0380. The topological polar surface area (TPSA) is 174 Å². The standard InChI is InChI=1S/C23H33N11/c1-13-6-20(18-4-2-3-5-19(18)28-13)29-21-30-22(33-9-14(24)7-15(25)10-33)32-23(31-21)34-11-16(26)8-17(27)12-34/h2-6,14-17H,7-12,24-27H2,1H3,(H,28,29,30,31,32). The van der Waals surface area contributed by atoms with E-state index < -0.39 is 0 Å². The van der Waals surface area contributed by atoms with Crippen LogP contribution in [-0.2, 0) is 0 Å². The van der Waals surface area contributed by atoms with Crippen LogP contribution in [0.15, 0.2) is 30.3 Å². The Balaban J connectivity index is 1.55. The number of nitrogens with two attached hydrogens (primary N) is 4. The number of pyridine rings is 1. The molecule has 1 aromatic carbocycles. The lowest BCUT2D eigenvalue weighted by Gasteiger charge is -2.37. The van der Waals surface area contributed by atoms with Crippen LogP contribution in [0.3, 0.4) is 0 Å². The summed E-state index contributed by atoms with van der Waals surface area (Å²) in [6.07, 6.45) is 1.55. The van der Waals surface area contributed by atoms with Crippen LogP contribution in [0.1, 0.15) is 18.5 Å². The van der Waals surface area contributed by atoms with Gasteiger partial charge in [-0.2, -0.15) is 15.0 Å². The van der Waals surface area contributed by atoms with Crippen LogP contribution in [0, 0.1) is 6.92 Å². The molecule has 0 bridgehead atoms. The smallest absolute Gasteiger partial charge is 0.233 e. The van der Waals surface area contributed by atoms with E-state index in [-0.39, 0.29) is 24.2 Å². The molecule has 5 rings (SSSR count). The third-order valence-electron chi connectivity index (χ3n) is 6.30. The number of hydrogen-bond acceptors (Lipinski definition) is 11. The van der Waals surface area contributed by atoms with Gasteiger partial charge in [0.1, 0.15) is 0 Å². The third-order valence-corrected chi connectivity index (χ3v) is 6.30. The molecule has 2 aliphatic rings. The van der Waals surface area contributed by atoms with E-state index in [0.29, 0.717) is 44.0 Å². The molecule has 2 aromatic heterocycles. The molecule has 0 saturated carbocycles. The van der Waals surface area contributed by atoms with Gasteiger partial charge in [0, 0.05) is 61.4 Å². The van der Waals surface area contributed by atoms with Crippen molar-refractivity contribution < 1.29 is 0 Å². The first kappa shape index (κ1) is 22.7. The molecular formula is C23H33N11. The molecule has 0 amide bonds. The molecule has 4 unspecified atom stereocenters. The highest BCUT2D eigenvalue weighted by Crippen LogP contribution is 2.28. The number of rotatable bonds is 4. The number of benzene rings is 1. The van der Waals surface area contributed by atoms with Crippen molar-refractivity contribution in [2.45, 2.75) is 43.9 Å². The first-order chi connectivity index (χ1) is 16.3. The van der Waals surface area contributed by atoms with E-state index in [9.17, 15) is 0 Å². The number of fused-ring (bicyclic) bond motifs is 1. The van der Waals surface area contributed by atoms with Crippen molar-refractivity contribution in [1.82, 2.24) is 19.9 Å². The van der Waals surface area contributed by atoms with Crippen LogP contribution in [-0.4, -0.2) is 70.3 Å². The highest BCUT2D eigenvalue weighted by atomic mass is 15.4. The third kappa shape index (κ3) is 4.87. The number of nitrogens with zero attached hydrogens (tertiary/aromatic N) is 6. The van der Waals surface area contributed by atoms with Crippen LogP contribution in [0.25, 0.3) is 10.9 Å². The predicted octanol–water partition coefficient (Wildman–Crippen LogP) is 0.201.